The Hall–Kier alpha value is -0.870. The molecule has 0 saturated heterocycles. The van der Waals surface area contributed by atoms with E-state index in [4.69, 9.17) is 5.84 Å². The second-order valence-electron chi connectivity index (χ2n) is 6.20. The van der Waals surface area contributed by atoms with Crippen molar-refractivity contribution in [2.45, 2.75) is 45.1 Å². The largest absolute Gasteiger partial charge is 0.273 e. The van der Waals surface area contributed by atoms with E-state index in [1.54, 1.807) is 0 Å². The SMILES string of the molecule is Cc1c(C(CC2CC3CCC2C3)NN)cnn1C. The maximum atomic E-state index is 5.77. The second-order valence-corrected chi connectivity index (χ2v) is 6.20. The van der Waals surface area contributed by atoms with E-state index in [0.29, 0.717) is 0 Å². The molecule has 1 aromatic heterocycles. The highest BCUT2D eigenvalue weighted by molar-refractivity contribution is 5.20. The highest BCUT2D eigenvalue weighted by Gasteiger charge is 2.40. The highest BCUT2D eigenvalue weighted by atomic mass is 15.3. The smallest absolute Gasteiger partial charge is 0.0540 e. The molecule has 18 heavy (non-hydrogen) atoms. The minimum Gasteiger partial charge on any atom is -0.273 e. The summed E-state index contributed by atoms with van der Waals surface area (Å²) in [5.74, 6) is 8.61. The summed E-state index contributed by atoms with van der Waals surface area (Å²) in [6, 6.07) is 0.267. The van der Waals surface area contributed by atoms with Crippen molar-refractivity contribution in [3.63, 3.8) is 0 Å². The fourth-order valence-electron chi connectivity index (χ4n) is 4.11. The van der Waals surface area contributed by atoms with Gasteiger partial charge in [-0.25, -0.2) is 0 Å². The van der Waals surface area contributed by atoms with Gasteiger partial charge in [0.1, 0.15) is 0 Å². The van der Waals surface area contributed by atoms with Gasteiger partial charge in [-0.3, -0.25) is 16.0 Å². The third-order valence-electron chi connectivity index (χ3n) is 5.27. The van der Waals surface area contributed by atoms with Crippen LogP contribution >= 0.6 is 0 Å². The van der Waals surface area contributed by atoms with E-state index in [1.807, 2.05) is 17.9 Å². The molecule has 4 atom stereocenters. The molecule has 1 aromatic rings. The van der Waals surface area contributed by atoms with Crippen LogP contribution in [0, 0.1) is 24.7 Å². The van der Waals surface area contributed by atoms with Crippen molar-refractivity contribution in [2.75, 3.05) is 0 Å². The molecule has 3 N–H and O–H groups in total. The van der Waals surface area contributed by atoms with Crippen LogP contribution in [0.5, 0.6) is 0 Å². The normalized spacial score (nSPS) is 32.1. The van der Waals surface area contributed by atoms with E-state index < -0.39 is 0 Å². The van der Waals surface area contributed by atoms with Gasteiger partial charge in [-0.15, -0.1) is 0 Å². The zero-order valence-electron chi connectivity index (χ0n) is 11.4. The minimum absolute atomic E-state index is 0.267. The van der Waals surface area contributed by atoms with Crippen LogP contribution in [0.4, 0.5) is 0 Å². The molecule has 4 heteroatoms. The molecule has 0 aliphatic heterocycles. The van der Waals surface area contributed by atoms with Crippen molar-refractivity contribution >= 4 is 0 Å². The van der Waals surface area contributed by atoms with Crippen LogP contribution in [0.15, 0.2) is 6.20 Å². The van der Waals surface area contributed by atoms with Gasteiger partial charge in [-0.2, -0.15) is 5.10 Å². The first kappa shape index (κ1) is 12.2. The molecule has 2 aliphatic carbocycles. The Morgan fingerprint density at radius 1 is 1.50 bits per heavy atom. The number of hydrazine groups is 1. The van der Waals surface area contributed by atoms with Gasteiger partial charge in [0.15, 0.2) is 0 Å². The summed E-state index contributed by atoms with van der Waals surface area (Å²) in [5.41, 5.74) is 5.50. The molecule has 4 nitrogen and oxygen atoms in total. The monoisotopic (exact) mass is 248 g/mol. The highest BCUT2D eigenvalue weighted by Crippen LogP contribution is 2.50. The van der Waals surface area contributed by atoms with E-state index in [9.17, 15) is 0 Å². The molecule has 0 amide bonds. The van der Waals surface area contributed by atoms with Crippen LogP contribution in [-0.2, 0) is 7.05 Å². The summed E-state index contributed by atoms with van der Waals surface area (Å²) in [7, 11) is 1.99. The van der Waals surface area contributed by atoms with Crippen LogP contribution in [0.3, 0.4) is 0 Å². The van der Waals surface area contributed by atoms with Gasteiger partial charge in [0.05, 0.1) is 6.20 Å². The predicted octanol–water partition coefficient (Wildman–Crippen LogP) is 2.06. The predicted molar refractivity (Wildman–Crippen MR) is 71.6 cm³/mol. The Balaban J connectivity index is 1.71. The van der Waals surface area contributed by atoms with E-state index in [0.717, 1.165) is 17.8 Å². The molecule has 2 saturated carbocycles. The van der Waals surface area contributed by atoms with Crippen molar-refractivity contribution in [1.29, 1.82) is 0 Å². The van der Waals surface area contributed by atoms with Gasteiger partial charge in [0.2, 0.25) is 0 Å². The Kier molecular flexibility index (Phi) is 3.16. The fraction of sp³-hybridized carbons (Fsp3) is 0.786. The third kappa shape index (κ3) is 1.97. The number of aromatic nitrogens is 2. The lowest BCUT2D eigenvalue weighted by atomic mass is 9.83. The topological polar surface area (TPSA) is 55.9 Å². The van der Waals surface area contributed by atoms with Gasteiger partial charge in [0.25, 0.3) is 0 Å². The Labute approximate surface area is 109 Å². The summed E-state index contributed by atoms with van der Waals surface area (Å²) in [6.07, 6.45) is 8.93. The molecule has 4 unspecified atom stereocenters. The van der Waals surface area contributed by atoms with Gasteiger partial charge < -0.3 is 0 Å². The molecule has 1 heterocycles. The lowest BCUT2D eigenvalue weighted by molar-refractivity contribution is 0.279. The van der Waals surface area contributed by atoms with Crippen molar-refractivity contribution < 1.29 is 0 Å². The van der Waals surface area contributed by atoms with Crippen LogP contribution in [-0.4, -0.2) is 9.78 Å². The van der Waals surface area contributed by atoms with Crippen molar-refractivity contribution in [2.24, 2.45) is 30.6 Å². The van der Waals surface area contributed by atoms with E-state index >= 15 is 0 Å². The molecule has 0 spiro atoms. The lowest BCUT2D eigenvalue weighted by Crippen LogP contribution is -2.31. The molecule has 100 valence electrons. The number of nitrogens with zero attached hydrogens (tertiary/aromatic N) is 2. The van der Waals surface area contributed by atoms with E-state index in [2.05, 4.69) is 17.4 Å². The zero-order valence-corrected chi connectivity index (χ0v) is 11.4. The number of aryl methyl sites for hydroxylation is 1. The van der Waals surface area contributed by atoms with Crippen LogP contribution in [0.2, 0.25) is 0 Å². The summed E-state index contributed by atoms with van der Waals surface area (Å²) in [6.45, 7) is 2.12. The van der Waals surface area contributed by atoms with Gasteiger partial charge >= 0.3 is 0 Å². The first-order valence-corrected chi connectivity index (χ1v) is 7.13. The zero-order chi connectivity index (χ0) is 12.7. The lowest BCUT2D eigenvalue weighted by Gasteiger charge is -2.26. The number of nitrogens with two attached hydrogens (primary N) is 1. The number of rotatable bonds is 4. The molecule has 2 aliphatic rings. The quantitative estimate of drug-likeness (QED) is 0.633. The second kappa shape index (κ2) is 4.67. The number of fused-ring (bicyclic) bond motifs is 2. The number of hydrogen-bond donors (Lipinski definition) is 2. The standard InChI is InChI=1S/C14H24N4/c1-9-13(8-16-18(9)2)14(17-15)7-12-6-10-3-4-11(12)5-10/h8,10-12,14,17H,3-7,15H2,1-2H3. The van der Waals surface area contributed by atoms with Gasteiger partial charge in [-0.05, 0) is 50.4 Å². The van der Waals surface area contributed by atoms with Crippen molar-refractivity contribution in [3.8, 4) is 0 Å². The first-order valence-electron chi connectivity index (χ1n) is 7.13. The molecule has 2 fully saturated rings. The fourth-order valence-corrected chi connectivity index (χ4v) is 4.11. The number of nitrogens with one attached hydrogen (secondary N) is 1. The van der Waals surface area contributed by atoms with Gasteiger partial charge in [-0.1, -0.05) is 6.42 Å². The Morgan fingerprint density at radius 3 is 2.83 bits per heavy atom. The van der Waals surface area contributed by atoms with Crippen LogP contribution < -0.4 is 11.3 Å². The molecule has 3 rings (SSSR count). The van der Waals surface area contributed by atoms with Crippen LogP contribution in [0.1, 0.15) is 49.4 Å². The number of hydrogen-bond acceptors (Lipinski definition) is 3. The molecular formula is C14H24N4. The maximum absolute atomic E-state index is 5.77. The first-order chi connectivity index (χ1) is 8.69. The third-order valence-corrected chi connectivity index (χ3v) is 5.27. The van der Waals surface area contributed by atoms with E-state index in [-0.39, 0.29) is 6.04 Å². The molecule has 0 radical (unpaired) electrons. The Morgan fingerprint density at radius 2 is 2.33 bits per heavy atom. The average molecular weight is 248 g/mol. The summed E-state index contributed by atoms with van der Waals surface area (Å²) < 4.78 is 1.93. The van der Waals surface area contributed by atoms with E-state index in [1.165, 1.54) is 43.4 Å². The summed E-state index contributed by atoms with van der Waals surface area (Å²) in [4.78, 5) is 0. The molecule has 2 bridgehead atoms. The summed E-state index contributed by atoms with van der Waals surface area (Å²) in [5, 5.41) is 4.33. The van der Waals surface area contributed by atoms with Crippen molar-refractivity contribution in [1.82, 2.24) is 15.2 Å². The maximum Gasteiger partial charge on any atom is 0.0540 e. The minimum atomic E-state index is 0.267. The molecular weight excluding hydrogens is 224 g/mol. The van der Waals surface area contributed by atoms with Crippen molar-refractivity contribution in [3.05, 3.63) is 17.5 Å². The van der Waals surface area contributed by atoms with Crippen LogP contribution in [0.25, 0.3) is 0 Å². The molecule has 0 aromatic carbocycles. The summed E-state index contributed by atoms with van der Waals surface area (Å²) >= 11 is 0. The van der Waals surface area contributed by atoms with Gasteiger partial charge in [0, 0.05) is 24.3 Å². The average Bonchev–Trinajstić information content (AvgIpc) is 3.05. The Bertz CT molecular complexity index is 425.